The zero-order valence-electron chi connectivity index (χ0n) is 15.7. The molecule has 0 amide bonds. The average molecular weight is 406 g/mol. The minimum atomic E-state index is -0.393. The second-order valence-electron chi connectivity index (χ2n) is 5.91. The van der Waals surface area contributed by atoms with E-state index in [1.54, 1.807) is 18.2 Å². The van der Waals surface area contributed by atoms with Crippen LogP contribution in [0.25, 0.3) is 0 Å². The quantitative estimate of drug-likeness (QED) is 0.360. The fourth-order valence-corrected chi connectivity index (χ4v) is 3.33. The number of hydrogen-bond donors (Lipinski definition) is 1. The van der Waals surface area contributed by atoms with Crippen LogP contribution >= 0.6 is 11.8 Å². The zero-order chi connectivity index (χ0) is 20.6. The van der Waals surface area contributed by atoms with Gasteiger partial charge in [0.05, 0.1) is 12.7 Å². The number of methoxy groups -OCH3 is 1. The molecule has 3 aromatic rings. The van der Waals surface area contributed by atoms with Gasteiger partial charge in [-0.05, 0) is 29.8 Å². The Morgan fingerprint density at radius 1 is 1.17 bits per heavy atom. The van der Waals surface area contributed by atoms with Crippen molar-refractivity contribution >= 4 is 23.5 Å². The molecule has 0 radical (unpaired) electrons. The molecule has 0 bridgehead atoms. The van der Waals surface area contributed by atoms with Crippen molar-refractivity contribution in [2.75, 3.05) is 12.8 Å². The van der Waals surface area contributed by atoms with Gasteiger partial charge in [-0.25, -0.2) is 14.8 Å². The molecule has 7 nitrogen and oxygen atoms in total. The van der Waals surface area contributed by atoms with Crippen LogP contribution in [-0.4, -0.2) is 23.0 Å². The number of carbonyl (C=O) groups is 1. The molecule has 2 N–H and O–H groups in total. The number of esters is 1. The molecule has 8 heteroatoms. The number of ether oxygens (including phenoxy) is 2. The third-order valence-corrected chi connectivity index (χ3v) is 4.86. The van der Waals surface area contributed by atoms with Gasteiger partial charge in [-0.15, -0.1) is 0 Å². The van der Waals surface area contributed by atoms with Crippen LogP contribution in [0.4, 0.5) is 5.82 Å². The van der Waals surface area contributed by atoms with E-state index in [0.29, 0.717) is 27.9 Å². The smallest absolute Gasteiger partial charge is 0.337 e. The van der Waals surface area contributed by atoms with E-state index in [2.05, 4.69) is 9.97 Å². The summed E-state index contributed by atoms with van der Waals surface area (Å²) < 4.78 is 10.4. The Balaban J connectivity index is 1.75. The minimum absolute atomic E-state index is 0.102. The molecule has 0 fully saturated rings. The van der Waals surface area contributed by atoms with Crippen LogP contribution in [0.5, 0.6) is 5.75 Å². The van der Waals surface area contributed by atoms with Crippen molar-refractivity contribution in [2.45, 2.75) is 17.5 Å². The Morgan fingerprint density at radius 2 is 1.97 bits per heavy atom. The first-order valence-electron chi connectivity index (χ1n) is 8.65. The highest BCUT2D eigenvalue weighted by Gasteiger charge is 2.14. The van der Waals surface area contributed by atoms with Crippen LogP contribution in [0.15, 0.2) is 59.8 Å². The molecule has 0 aliphatic rings. The monoisotopic (exact) mass is 406 g/mol. The summed E-state index contributed by atoms with van der Waals surface area (Å²) in [7, 11) is 1.34. The van der Waals surface area contributed by atoms with Crippen molar-refractivity contribution in [3.63, 3.8) is 0 Å². The lowest BCUT2D eigenvalue weighted by Gasteiger charge is -2.10. The predicted octanol–water partition coefficient (Wildman–Crippen LogP) is 3.59. The maximum atomic E-state index is 11.7. The van der Waals surface area contributed by atoms with Gasteiger partial charge in [0.2, 0.25) is 0 Å². The normalized spacial score (nSPS) is 10.2. The molecule has 0 aliphatic heterocycles. The SMILES string of the molecule is COC(=O)c1cccc(CSc2nc(N)c(C#N)c(COc3ccccc3)n2)c1. The molecule has 1 heterocycles. The van der Waals surface area contributed by atoms with Crippen LogP contribution in [-0.2, 0) is 17.1 Å². The number of benzene rings is 2. The van der Waals surface area contributed by atoms with E-state index < -0.39 is 5.97 Å². The lowest BCUT2D eigenvalue weighted by Crippen LogP contribution is -2.08. The van der Waals surface area contributed by atoms with Crippen molar-refractivity contribution in [3.05, 3.63) is 77.0 Å². The Kier molecular flexibility index (Phi) is 6.66. The van der Waals surface area contributed by atoms with Gasteiger partial charge < -0.3 is 15.2 Å². The van der Waals surface area contributed by atoms with E-state index >= 15 is 0 Å². The van der Waals surface area contributed by atoms with Crippen LogP contribution in [0, 0.1) is 11.3 Å². The second kappa shape index (κ2) is 9.57. The summed E-state index contributed by atoms with van der Waals surface area (Å²) in [5.74, 6) is 0.910. The first-order valence-corrected chi connectivity index (χ1v) is 9.63. The van der Waals surface area contributed by atoms with Crippen molar-refractivity contribution in [2.24, 2.45) is 0 Å². The Morgan fingerprint density at radius 3 is 2.69 bits per heavy atom. The summed E-state index contributed by atoms with van der Waals surface area (Å²) in [5.41, 5.74) is 7.96. The summed E-state index contributed by atoms with van der Waals surface area (Å²) >= 11 is 1.35. The largest absolute Gasteiger partial charge is 0.487 e. The lowest BCUT2D eigenvalue weighted by atomic mass is 10.1. The van der Waals surface area contributed by atoms with Gasteiger partial charge in [0.25, 0.3) is 0 Å². The van der Waals surface area contributed by atoms with Crippen LogP contribution in [0.3, 0.4) is 0 Å². The fraction of sp³-hybridized carbons (Fsp3) is 0.143. The Hall–Kier alpha value is -3.57. The number of rotatable bonds is 7. The van der Waals surface area contributed by atoms with Gasteiger partial charge in [0.15, 0.2) is 5.16 Å². The molecule has 0 aliphatic carbocycles. The molecule has 1 aromatic heterocycles. The highest BCUT2D eigenvalue weighted by Crippen LogP contribution is 2.24. The van der Waals surface area contributed by atoms with Crippen molar-refractivity contribution < 1.29 is 14.3 Å². The highest BCUT2D eigenvalue weighted by atomic mass is 32.2. The molecule has 0 saturated heterocycles. The maximum absolute atomic E-state index is 11.7. The van der Waals surface area contributed by atoms with Crippen molar-refractivity contribution in [3.8, 4) is 11.8 Å². The molecule has 0 unspecified atom stereocenters. The molecular weight excluding hydrogens is 388 g/mol. The van der Waals surface area contributed by atoms with Gasteiger partial charge in [-0.2, -0.15) is 5.26 Å². The second-order valence-corrected chi connectivity index (χ2v) is 6.85. The summed E-state index contributed by atoms with van der Waals surface area (Å²) in [6.07, 6.45) is 0. The number of hydrogen-bond acceptors (Lipinski definition) is 8. The summed E-state index contributed by atoms with van der Waals surface area (Å²) in [6.45, 7) is 0.102. The van der Waals surface area contributed by atoms with Gasteiger partial charge >= 0.3 is 5.97 Å². The number of thioether (sulfide) groups is 1. The number of nitrogens with zero attached hydrogens (tertiary/aromatic N) is 3. The number of nitrogens with two attached hydrogens (primary N) is 1. The van der Waals surface area contributed by atoms with Gasteiger partial charge in [-0.3, -0.25) is 0 Å². The Bertz CT molecular complexity index is 1050. The average Bonchev–Trinajstić information content (AvgIpc) is 2.76. The minimum Gasteiger partial charge on any atom is -0.487 e. The van der Waals surface area contributed by atoms with Crippen LogP contribution in [0.2, 0.25) is 0 Å². The van der Waals surface area contributed by atoms with Crippen LogP contribution in [0.1, 0.15) is 27.2 Å². The number of carbonyl (C=O) groups excluding carboxylic acids is 1. The number of aromatic nitrogens is 2. The molecule has 29 heavy (non-hydrogen) atoms. The summed E-state index contributed by atoms with van der Waals surface area (Å²) in [6, 6.07) is 18.4. The molecule has 0 spiro atoms. The third-order valence-electron chi connectivity index (χ3n) is 3.94. The predicted molar refractivity (Wildman–Crippen MR) is 109 cm³/mol. The van der Waals surface area contributed by atoms with E-state index in [4.69, 9.17) is 15.2 Å². The van der Waals surface area contributed by atoms with Crippen molar-refractivity contribution in [1.29, 1.82) is 5.26 Å². The number of nitrogen functional groups attached to an aromatic ring is 1. The molecule has 3 rings (SSSR count). The molecule has 0 saturated carbocycles. The van der Waals surface area contributed by atoms with Gasteiger partial charge in [0, 0.05) is 5.75 Å². The van der Waals surface area contributed by atoms with Crippen LogP contribution < -0.4 is 10.5 Å². The van der Waals surface area contributed by atoms with E-state index in [9.17, 15) is 10.1 Å². The van der Waals surface area contributed by atoms with Gasteiger partial charge in [0.1, 0.15) is 35.5 Å². The third kappa shape index (κ3) is 5.24. The summed E-state index contributed by atoms with van der Waals surface area (Å²) in [5, 5.41) is 9.81. The van der Waals surface area contributed by atoms with E-state index in [1.165, 1.54) is 18.9 Å². The topological polar surface area (TPSA) is 111 Å². The first kappa shape index (κ1) is 20.2. The zero-order valence-corrected chi connectivity index (χ0v) is 16.5. The van der Waals surface area contributed by atoms with E-state index in [-0.39, 0.29) is 18.0 Å². The highest BCUT2D eigenvalue weighted by molar-refractivity contribution is 7.98. The van der Waals surface area contributed by atoms with E-state index in [1.807, 2.05) is 42.5 Å². The maximum Gasteiger partial charge on any atom is 0.337 e. The Labute approximate surface area is 172 Å². The molecule has 2 aromatic carbocycles. The molecule has 146 valence electrons. The molecule has 0 atom stereocenters. The first-order chi connectivity index (χ1) is 14.1. The number of anilines is 1. The van der Waals surface area contributed by atoms with Crippen molar-refractivity contribution in [1.82, 2.24) is 9.97 Å². The number of nitriles is 1. The standard InChI is InChI=1S/C21H18N4O3S/c1-27-20(26)15-7-5-6-14(10-15)13-29-21-24-18(17(11-22)19(23)25-21)12-28-16-8-3-2-4-9-16/h2-10H,12-13H2,1H3,(H2,23,24,25). The van der Waals surface area contributed by atoms with Gasteiger partial charge in [-0.1, -0.05) is 42.1 Å². The molecular formula is C21H18N4O3S. The lowest BCUT2D eigenvalue weighted by molar-refractivity contribution is 0.0600. The fourth-order valence-electron chi connectivity index (χ4n) is 2.52. The van der Waals surface area contributed by atoms with E-state index in [0.717, 1.165) is 5.56 Å². The summed E-state index contributed by atoms with van der Waals surface area (Å²) in [4.78, 5) is 20.3. The number of para-hydroxylation sites is 1.